The number of aliphatic imine (C=N–C) groups is 1. The number of rotatable bonds is 5. The molecule has 1 fully saturated rings. The Kier molecular flexibility index (Phi) is 4.09. The molecule has 0 amide bonds. The quantitative estimate of drug-likeness (QED) is 0.895. The highest BCUT2D eigenvalue weighted by molar-refractivity contribution is 8.14. The van der Waals surface area contributed by atoms with Crippen molar-refractivity contribution in [2.24, 2.45) is 4.99 Å². The minimum absolute atomic E-state index is 0.491. The number of benzene rings is 1. The van der Waals surface area contributed by atoms with Gasteiger partial charge in [0.1, 0.15) is 0 Å². The van der Waals surface area contributed by atoms with Crippen molar-refractivity contribution in [2.45, 2.75) is 24.1 Å². The first-order valence-corrected chi connectivity index (χ1v) is 7.91. The molecule has 1 aliphatic heterocycles. The Bertz CT molecular complexity index is 442. The molecular weight excluding hydrogens is 254 g/mol. The second-order valence-corrected chi connectivity index (χ2v) is 6.49. The van der Waals surface area contributed by atoms with Crippen LogP contribution in [-0.2, 0) is 0 Å². The normalized spacial score (nSPS) is 22.6. The van der Waals surface area contributed by atoms with Crippen molar-refractivity contribution < 1.29 is 0 Å². The second kappa shape index (κ2) is 5.97. The summed E-state index contributed by atoms with van der Waals surface area (Å²) in [7, 11) is 2.22. The molecule has 3 rings (SSSR count). The summed E-state index contributed by atoms with van der Waals surface area (Å²) in [6.45, 7) is 3.01. The van der Waals surface area contributed by atoms with E-state index in [9.17, 15) is 0 Å². The van der Waals surface area contributed by atoms with E-state index in [1.54, 1.807) is 0 Å². The summed E-state index contributed by atoms with van der Waals surface area (Å²) in [6.07, 6.45) is 2.75. The Labute approximate surface area is 119 Å². The highest BCUT2D eigenvalue weighted by Gasteiger charge is 2.26. The topological polar surface area (TPSA) is 27.6 Å². The van der Waals surface area contributed by atoms with Gasteiger partial charge in [0.25, 0.3) is 0 Å². The van der Waals surface area contributed by atoms with Crippen molar-refractivity contribution in [3.05, 3.63) is 35.9 Å². The minimum Gasteiger partial charge on any atom is -0.364 e. The summed E-state index contributed by atoms with van der Waals surface area (Å²) in [5.41, 5.74) is 1.38. The predicted molar refractivity (Wildman–Crippen MR) is 82.7 cm³/mol. The fraction of sp³-hybridized carbons (Fsp3) is 0.533. The molecule has 1 heterocycles. The van der Waals surface area contributed by atoms with Gasteiger partial charge in [-0.2, -0.15) is 0 Å². The lowest BCUT2D eigenvalue weighted by atomic mass is 10.1. The Hall–Kier alpha value is -1.00. The average Bonchev–Trinajstić information content (AvgIpc) is 3.20. The van der Waals surface area contributed by atoms with Gasteiger partial charge in [-0.25, -0.2) is 0 Å². The first-order chi connectivity index (χ1) is 9.33. The highest BCUT2D eigenvalue weighted by atomic mass is 32.2. The SMILES string of the molecule is CN(CCNC1=NCC(c2ccccc2)S1)C1CC1. The number of likely N-dealkylation sites (N-methyl/N-ethyl adjacent to an activating group) is 1. The monoisotopic (exact) mass is 275 g/mol. The maximum absolute atomic E-state index is 4.60. The van der Waals surface area contributed by atoms with Gasteiger partial charge in [-0.3, -0.25) is 4.99 Å². The zero-order valence-electron chi connectivity index (χ0n) is 11.4. The van der Waals surface area contributed by atoms with Crippen LogP contribution in [0.15, 0.2) is 35.3 Å². The third kappa shape index (κ3) is 3.51. The van der Waals surface area contributed by atoms with Crippen LogP contribution in [0.25, 0.3) is 0 Å². The summed E-state index contributed by atoms with van der Waals surface area (Å²) >= 11 is 1.86. The van der Waals surface area contributed by atoms with Crippen molar-refractivity contribution in [1.82, 2.24) is 10.2 Å². The summed E-state index contributed by atoms with van der Waals surface area (Å²) in [5.74, 6) is 0. The van der Waals surface area contributed by atoms with Gasteiger partial charge in [-0.1, -0.05) is 42.1 Å². The van der Waals surface area contributed by atoms with Gasteiger partial charge in [-0.15, -0.1) is 0 Å². The lowest BCUT2D eigenvalue weighted by molar-refractivity contribution is 0.329. The van der Waals surface area contributed by atoms with Crippen molar-refractivity contribution in [2.75, 3.05) is 26.7 Å². The van der Waals surface area contributed by atoms with E-state index in [0.717, 1.165) is 30.8 Å². The van der Waals surface area contributed by atoms with Gasteiger partial charge in [0.2, 0.25) is 0 Å². The van der Waals surface area contributed by atoms with Crippen LogP contribution in [0.3, 0.4) is 0 Å². The van der Waals surface area contributed by atoms with Crippen LogP contribution >= 0.6 is 11.8 Å². The summed E-state index contributed by atoms with van der Waals surface area (Å²) in [6, 6.07) is 11.5. The largest absolute Gasteiger partial charge is 0.364 e. The molecule has 0 saturated heterocycles. The Morgan fingerprint density at radius 1 is 1.32 bits per heavy atom. The van der Waals surface area contributed by atoms with E-state index in [1.165, 1.54) is 18.4 Å². The van der Waals surface area contributed by atoms with E-state index in [-0.39, 0.29) is 0 Å². The molecule has 0 spiro atoms. The van der Waals surface area contributed by atoms with Crippen LogP contribution in [0.5, 0.6) is 0 Å². The van der Waals surface area contributed by atoms with Crippen molar-refractivity contribution in [1.29, 1.82) is 0 Å². The molecule has 0 bridgehead atoms. The molecule has 4 heteroatoms. The van der Waals surface area contributed by atoms with Gasteiger partial charge >= 0.3 is 0 Å². The first kappa shape index (κ1) is 13.0. The fourth-order valence-electron chi connectivity index (χ4n) is 2.35. The summed E-state index contributed by atoms with van der Waals surface area (Å²) < 4.78 is 0. The lowest BCUT2D eigenvalue weighted by Crippen LogP contribution is -2.32. The van der Waals surface area contributed by atoms with Crippen LogP contribution in [0.4, 0.5) is 0 Å². The molecule has 1 aromatic rings. The van der Waals surface area contributed by atoms with E-state index >= 15 is 0 Å². The maximum atomic E-state index is 4.60. The van der Waals surface area contributed by atoms with E-state index in [4.69, 9.17) is 0 Å². The molecule has 3 nitrogen and oxygen atoms in total. The smallest absolute Gasteiger partial charge is 0.157 e. The average molecular weight is 275 g/mol. The molecule has 1 unspecified atom stereocenters. The molecule has 1 saturated carbocycles. The Morgan fingerprint density at radius 2 is 2.11 bits per heavy atom. The molecule has 1 atom stereocenters. The molecule has 2 aliphatic rings. The van der Waals surface area contributed by atoms with E-state index in [0.29, 0.717) is 5.25 Å². The minimum atomic E-state index is 0.491. The van der Waals surface area contributed by atoms with Crippen molar-refractivity contribution in [3.8, 4) is 0 Å². The second-order valence-electron chi connectivity index (χ2n) is 5.30. The predicted octanol–water partition coefficient (Wildman–Crippen LogP) is 2.51. The summed E-state index contributed by atoms with van der Waals surface area (Å²) in [5, 5.41) is 5.07. The zero-order chi connectivity index (χ0) is 13.1. The number of nitrogens with one attached hydrogen (secondary N) is 1. The van der Waals surface area contributed by atoms with Gasteiger partial charge in [-0.05, 0) is 25.5 Å². The van der Waals surface area contributed by atoms with Crippen LogP contribution in [0, 0.1) is 0 Å². The van der Waals surface area contributed by atoms with E-state index < -0.39 is 0 Å². The van der Waals surface area contributed by atoms with Crippen LogP contribution < -0.4 is 5.32 Å². The van der Waals surface area contributed by atoms with Crippen molar-refractivity contribution >= 4 is 16.9 Å². The number of nitrogens with zero attached hydrogens (tertiary/aromatic N) is 2. The number of amidine groups is 1. The third-order valence-corrected chi connectivity index (χ3v) is 4.94. The highest BCUT2D eigenvalue weighted by Crippen LogP contribution is 2.34. The summed E-state index contributed by atoms with van der Waals surface area (Å²) in [4.78, 5) is 7.05. The third-order valence-electron chi connectivity index (χ3n) is 3.74. The maximum Gasteiger partial charge on any atom is 0.157 e. The van der Waals surface area contributed by atoms with Crippen LogP contribution in [0.1, 0.15) is 23.7 Å². The van der Waals surface area contributed by atoms with E-state index in [1.807, 2.05) is 11.8 Å². The van der Waals surface area contributed by atoms with Crippen LogP contribution in [-0.4, -0.2) is 42.8 Å². The van der Waals surface area contributed by atoms with Crippen molar-refractivity contribution in [3.63, 3.8) is 0 Å². The van der Waals surface area contributed by atoms with Crippen LogP contribution in [0.2, 0.25) is 0 Å². The standard InChI is InChI=1S/C15H21N3S/c1-18(13-7-8-13)10-9-16-15-17-11-14(19-15)12-5-3-2-4-6-12/h2-6,13-14H,7-11H2,1H3,(H,16,17). The number of hydrogen-bond acceptors (Lipinski definition) is 4. The molecular formula is C15H21N3S. The number of thioether (sulfide) groups is 1. The Morgan fingerprint density at radius 3 is 2.84 bits per heavy atom. The molecule has 1 aromatic carbocycles. The zero-order valence-corrected chi connectivity index (χ0v) is 12.2. The van der Waals surface area contributed by atoms with Gasteiger partial charge in [0.15, 0.2) is 5.17 Å². The molecule has 0 aromatic heterocycles. The van der Waals surface area contributed by atoms with Gasteiger partial charge in [0, 0.05) is 19.1 Å². The first-order valence-electron chi connectivity index (χ1n) is 7.03. The molecule has 1 N–H and O–H groups in total. The molecule has 19 heavy (non-hydrogen) atoms. The molecule has 102 valence electrons. The lowest BCUT2D eigenvalue weighted by Gasteiger charge is -2.16. The fourth-order valence-corrected chi connectivity index (χ4v) is 3.40. The van der Waals surface area contributed by atoms with Gasteiger partial charge < -0.3 is 10.2 Å². The Balaban J connectivity index is 1.41. The number of hydrogen-bond donors (Lipinski definition) is 1. The van der Waals surface area contributed by atoms with Gasteiger partial charge in [0.05, 0.1) is 11.8 Å². The molecule has 1 aliphatic carbocycles. The van der Waals surface area contributed by atoms with E-state index in [2.05, 4.69) is 52.6 Å². The molecule has 0 radical (unpaired) electrons.